The Balaban J connectivity index is 0.000000199. The molecular weight excluding hydrogens is 1260 g/mol. The van der Waals surface area contributed by atoms with Gasteiger partial charge in [0.25, 0.3) is 0 Å². The van der Waals surface area contributed by atoms with E-state index >= 15 is 0 Å². The molecule has 3 fully saturated rings. The smallest absolute Gasteiger partial charge is 0.423 e. The molecule has 0 radical (unpaired) electrons. The molecule has 20 nitrogen and oxygen atoms in total. The number of imidazole rings is 3. The van der Waals surface area contributed by atoms with Crippen molar-refractivity contribution in [2.45, 2.75) is 67.7 Å². The SMILES string of the molecule is C.C.C.C1COCCN1.CC1(C)OB(c2ccc(C=O)cc2)OC1(C)C.Clc1ccc2ncc(-c3ccc(CN4CCOCC4)cc3)n2n1.Clc1ccc2ncc(Br)n2n1.O=Cc1ccc(-c2cnc3ccc(Cl)nn23)cc1.OB(O)c1ccncc1F. The molecule has 464 valence electrons. The van der Waals surface area contributed by atoms with Gasteiger partial charge in [-0.25, -0.2) is 32.9 Å². The lowest BCUT2D eigenvalue weighted by Gasteiger charge is -2.32. The highest BCUT2D eigenvalue weighted by Gasteiger charge is 2.51. The Bertz CT molecular complexity index is 3760. The van der Waals surface area contributed by atoms with E-state index in [9.17, 15) is 14.0 Å². The molecule has 3 N–H and O–H groups in total. The maximum Gasteiger partial charge on any atom is 0.494 e. The molecule has 7 aromatic heterocycles. The third-order valence-corrected chi connectivity index (χ3v) is 14.7. The summed E-state index contributed by atoms with van der Waals surface area (Å²) in [5.41, 5.74) is 8.81. The van der Waals surface area contributed by atoms with E-state index in [0.717, 1.165) is 127 Å². The van der Waals surface area contributed by atoms with Gasteiger partial charge in [-0.3, -0.25) is 19.5 Å². The van der Waals surface area contributed by atoms with Crippen molar-refractivity contribution in [1.29, 1.82) is 0 Å². The lowest BCUT2D eigenvalue weighted by Crippen LogP contribution is -2.41. The van der Waals surface area contributed by atoms with Gasteiger partial charge in [0.1, 0.15) is 38.5 Å². The number of hydrogen-bond donors (Lipinski definition) is 3. The Morgan fingerprint density at radius 2 is 1.06 bits per heavy atom. The normalized spacial score (nSPS) is 14.6. The molecule has 88 heavy (non-hydrogen) atoms. The molecule has 3 aliphatic heterocycles. The molecule has 10 heterocycles. The highest BCUT2D eigenvalue weighted by Crippen LogP contribution is 2.36. The third kappa shape index (κ3) is 19.5. The summed E-state index contributed by atoms with van der Waals surface area (Å²) >= 11 is 20.8. The molecule has 0 unspecified atom stereocenters. The Kier molecular flexibility index (Phi) is 27.9. The fraction of sp³-hybridized carbons (Fsp3) is 0.295. The van der Waals surface area contributed by atoms with E-state index in [1.165, 1.54) is 17.8 Å². The van der Waals surface area contributed by atoms with Gasteiger partial charge in [-0.05, 0) is 97.1 Å². The van der Waals surface area contributed by atoms with Crippen molar-refractivity contribution in [3.63, 3.8) is 0 Å². The Hall–Kier alpha value is -6.90. The van der Waals surface area contributed by atoms with Crippen molar-refractivity contribution in [3.8, 4) is 22.5 Å². The van der Waals surface area contributed by atoms with Crippen molar-refractivity contribution < 1.29 is 42.8 Å². The number of pyridine rings is 1. The summed E-state index contributed by atoms with van der Waals surface area (Å²) in [7, 11) is -2.12. The lowest BCUT2D eigenvalue weighted by molar-refractivity contribution is 0.00578. The van der Waals surface area contributed by atoms with Crippen LogP contribution in [0.2, 0.25) is 15.5 Å². The first kappa shape index (κ1) is 71.8. The third-order valence-electron chi connectivity index (χ3n) is 13.6. The summed E-state index contributed by atoms with van der Waals surface area (Å²) < 4.78 is 40.6. The van der Waals surface area contributed by atoms with E-state index < -0.39 is 12.9 Å². The summed E-state index contributed by atoms with van der Waals surface area (Å²) in [5, 5.41) is 34.0. The average Bonchev–Trinajstić information content (AvgIpc) is 2.54. The highest BCUT2D eigenvalue weighted by molar-refractivity contribution is 9.10. The Labute approximate surface area is 535 Å². The van der Waals surface area contributed by atoms with Gasteiger partial charge in [-0.2, -0.15) is 15.3 Å². The van der Waals surface area contributed by atoms with Crippen LogP contribution in [-0.4, -0.2) is 154 Å². The number of benzene rings is 3. The zero-order valence-corrected chi connectivity index (χ0v) is 50.5. The van der Waals surface area contributed by atoms with E-state index in [2.05, 4.69) is 85.6 Å². The number of morpholine rings is 2. The number of rotatable bonds is 8. The number of nitrogens with zero attached hydrogens (tertiary/aromatic N) is 11. The predicted molar refractivity (Wildman–Crippen MR) is 349 cm³/mol. The molecule has 3 aliphatic rings. The summed E-state index contributed by atoms with van der Waals surface area (Å²) in [6, 6.07) is 34.9. The van der Waals surface area contributed by atoms with Gasteiger partial charge >= 0.3 is 14.2 Å². The van der Waals surface area contributed by atoms with E-state index in [-0.39, 0.29) is 46.1 Å². The van der Waals surface area contributed by atoms with Crippen LogP contribution in [0.5, 0.6) is 0 Å². The number of ether oxygens (including phenoxy) is 2. The first-order chi connectivity index (χ1) is 40.9. The van der Waals surface area contributed by atoms with Crippen LogP contribution < -0.4 is 16.2 Å². The fourth-order valence-corrected chi connectivity index (χ4v) is 9.05. The number of fused-ring (bicyclic) bond motifs is 3. The summed E-state index contributed by atoms with van der Waals surface area (Å²) in [6.07, 6.45) is 9.09. The van der Waals surface area contributed by atoms with E-state index in [4.69, 9.17) is 63.6 Å². The summed E-state index contributed by atoms with van der Waals surface area (Å²) in [5.74, 6) is -0.711. The van der Waals surface area contributed by atoms with E-state index in [1.54, 1.807) is 80.5 Å². The molecule has 27 heteroatoms. The first-order valence-electron chi connectivity index (χ1n) is 26.7. The van der Waals surface area contributed by atoms with Crippen LogP contribution in [0.1, 0.15) is 76.3 Å². The van der Waals surface area contributed by atoms with Crippen LogP contribution in [-0.2, 0) is 25.3 Å². The number of halogens is 5. The van der Waals surface area contributed by atoms with E-state index in [0.29, 0.717) is 26.6 Å². The van der Waals surface area contributed by atoms with Crippen LogP contribution in [0.15, 0.2) is 151 Å². The second-order valence-corrected chi connectivity index (χ2v) is 22.0. The summed E-state index contributed by atoms with van der Waals surface area (Å²) in [4.78, 5) is 39.7. The van der Waals surface area contributed by atoms with Crippen LogP contribution in [0, 0.1) is 5.82 Å². The first-order valence-corrected chi connectivity index (χ1v) is 28.6. The second-order valence-electron chi connectivity index (χ2n) is 20.0. The van der Waals surface area contributed by atoms with Crippen LogP contribution in [0.3, 0.4) is 0 Å². The number of nitrogens with one attached hydrogen (secondary N) is 1. The molecule has 0 amide bonds. The topological polar surface area (TPSA) is 230 Å². The van der Waals surface area contributed by atoms with Gasteiger partial charge < -0.3 is 34.1 Å². The largest absolute Gasteiger partial charge is 0.494 e. The zero-order valence-electron chi connectivity index (χ0n) is 46.7. The van der Waals surface area contributed by atoms with Gasteiger partial charge in [0, 0.05) is 66.6 Å². The molecule has 10 aromatic rings. The molecule has 0 spiro atoms. The van der Waals surface area contributed by atoms with Crippen molar-refractivity contribution in [3.05, 3.63) is 189 Å². The Morgan fingerprint density at radius 3 is 1.49 bits per heavy atom. The number of aldehydes is 2. The van der Waals surface area contributed by atoms with Crippen molar-refractivity contribution >= 4 is 105 Å². The van der Waals surface area contributed by atoms with Gasteiger partial charge in [0.05, 0.1) is 73.8 Å². The summed E-state index contributed by atoms with van der Waals surface area (Å²) in [6.45, 7) is 16.5. The van der Waals surface area contributed by atoms with Gasteiger partial charge in [0.2, 0.25) is 0 Å². The molecule has 0 bridgehead atoms. The minimum Gasteiger partial charge on any atom is -0.423 e. The minimum atomic E-state index is -1.76. The number of carbonyl (C=O) groups excluding carboxylic acids is 2. The number of hydrogen-bond acceptors (Lipinski definition) is 17. The highest BCUT2D eigenvalue weighted by atomic mass is 79.9. The fourth-order valence-electron chi connectivity index (χ4n) is 8.27. The number of aromatic nitrogens is 10. The maximum absolute atomic E-state index is 12.5. The lowest BCUT2D eigenvalue weighted by atomic mass is 9.79. The molecule has 3 saturated heterocycles. The van der Waals surface area contributed by atoms with Gasteiger partial charge in [-0.1, -0.05) is 130 Å². The molecule has 0 saturated carbocycles. The maximum atomic E-state index is 12.5. The Morgan fingerprint density at radius 1 is 0.614 bits per heavy atom. The molecule has 3 aromatic carbocycles. The average molecular weight is 1330 g/mol. The standard InChI is InChI=1S/C17H17ClN4O.C13H17BO3.C13H8ClN3O.C6H3BrClN3.C5H5BFNO2.C4H9NO.3CH4/c18-16-5-6-17-19-11-15(22(17)20-16)14-3-1-13(2-4-14)12-21-7-9-23-10-8-21;1-12(2)13(3,4)17-14(16-12)11-7-5-10(9-15)6-8-11;14-12-5-6-13-15-7-11(17(13)16-12)10-3-1-9(8-18)2-4-10;7-4-3-9-6-2-1-5(8)10-11(4)6;7-5-3-8-2-1-4(5)6(9)10;1-3-6-4-2-5-1;;;/h1-6,11H,7-10,12H2;5-9H,1-4H3;1-8H;1-3H;1-3,9-10H;5H,1-4H2;3*1H4. The monoisotopic (exact) mass is 1320 g/mol. The van der Waals surface area contributed by atoms with Crippen molar-refractivity contribution in [2.75, 3.05) is 52.6 Å². The molecule has 0 atom stereocenters. The molecular formula is C61H71B2BrCl3FN12O8. The van der Waals surface area contributed by atoms with Gasteiger partial charge in [0.15, 0.2) is 16.9 Å². The van der Waals surface area contributed by atoms with Crippen molar-refractivity contribution in [2.24, 2.45) is 0 Å². The van der Waals surface area contributed by atoms with Crippen LogP contribution >= 0.6 is 50.7 Å². The predicted octanol–water partition coefficient (Wildman–Crippen LogP) is 10.1. The minimum absolute atomic E-state index is 0. The van der Waals surface area contributed by atoms with Crippen molar-refractivity contribution in [1.82, 2.24) is 59.0 Å². The van der Waals surface area contributed by atoms with Crippen LogP contribution in [0.25, 0.3) is 39.5 Å². The van der Waals surface area contributed by atoms with Gasteiger partial charge in [-0.15, -0.1) is 0 Å². The quantitative estimate of drug-likeness (QED) is 0.0949. The molecule has 13 rings (SSSR count). The number of carbonyl (C=O) groups is 2. The van der Waals surface area contributed by atoms with E-state index in [1.807, 2.05) is 64.2 Å². The van der Waals surface area contributed by atoms with Crippen LogP contribution in [0.4, 0.5) is 4.39 Å². The zero-order chi connectivity index (χ0) is 60.5. The molecule has 0 aliphatic carbocycles. The second kappa shape index (κ2) is 34.2.